The molecule has 29 heavy (non-hydrogen) atoms. The maximum atomic E-state index is 13.4. The van der Waals surface area contributed by atoms with Crippen molar-refractivity contribution in [3.8, 4) is 0 Å². The Bertz CT molecular complexity index is 1120. The number of fused-ring (bicyclic) bond motifs is 1. The van der Waals surface area contributed by atoms with Crippen LogP contribution in [0, 0.1) is 5.82 Å². The molecule has 7 heteroatoms. The van der Waals surface area contributed by atoms with Gasteiger partial charge in [0.25, 0.3) is 5.91 Å². The summed E-state index contributed by atoms with van der Waals surface area (Å²) in [5.74, 6) is 0.0736. The second kappa shape index (κ2) is 8.28. The van der Waals surface area contributed by atoms with Crippen LogP contribution < -0.4 is 5.32 Å². The number of rotatable bonds is 7. The van der Waals surface area contributed by atoms with Gasteiger partial charge in [0.15, 0.2) is 5.76 Å². The van der Waals surface area contributed by atoms with Gasteiger partial charge in [-0.2, -0.15) is 0 Å². The zero-order valence-electron chi connectivity index (χ0n) is 15.8. The molecule has 0 aliphatic carbocycles. The molecule has 0 aliphatic rings. The number of hydrogen-bond acceptors (Lipinski definition) is 4. The minimum absolute atomic E-state index is 0.194. The van der Waals surface area contributed by atoms with E-state index in [1.807, 2.05) is 28.8 Å². The summed E-state index contributed by atoms with van der Waals surface area (Å²) >= 11 is 0. The van der Waals surface area contributed by atoms with Gasteiger partial charge in [-0.3, -0.25) is 4.79 Å². The summed E-state index contributed by atoms with van der Waals surface area (Å²) in [7, 11) is 1.56. The molecule has 4 aromatic rings. The first kappa shape index (κ1) is 18.9. The molecular weight excluding hydrogens is 373 g/mol. The maximum absolute atomic E-state index is 13.4. The van der Waals surface area contributed by atoms with Gasteiger partial charge in [0, 0.05) is 13.7 Å². The van der Waals surface area contributed by atoms with E-state index in [1.165, 1.54) is 12.1 Å². The van der Waals surface area contributed by atoms with Crippen molar-refractivity contribution in [1.82, 2.24) is 14.9 Å². The van der Waals surface area contributed by atoms with Crippen LogP contribution in [0.15, 0.2) is 71.4 Å². The molecule has 0 radical (unpaired) electrons. The summed E-state index contributed by atoms with van der Waals surface area (Å²) in [4.78, 5) is 17.2. The molecule has 0 saturated carbocycles. The molecule has 0 bridgehead atoms. The number of halogens is 1. The third kappa shape index (κ3) is 4.20. The van der Waals surface area contributed by atoms with E-state index < -0.39 is 6.04 Å². The average Bonchev–Trinajstić information content (AvgIpc) is 3.36. The predicted molar refractivity (Wildman–Crippen MR) is 106 cm³/mol. The van der Waals surface area contributed by atoms with Crippen LogP contribution in [-0.4, -0.2) is 22.6 Å². The fourth-order valence-electron chi connectivity index (χ4n) is 3.23. The van der Waals surface area contributed by atoms with E-state index in [0.29, 0.717) is 12.3 Å². The van der Waals surface area contributed by atoms with Crippen molar-refractivity contribution in [3.63, 3.8) is 0 Å². The number of aromatic nitrogens is 2. The van der Waals surface area contributed by atoms with Crippen molar-refractivity contribution in [2.45, 2.75) is 19.2 Å². The molecule has 0 aliphatic heterocycles. The second-order valence-corrected chi connectivity index (χ2v) is 6.66. The number of nitrogens with zero attached hydrogens (tertiary/aromatic N) is 2. The molecule has 0 saturated heterocycles. The van der Waals surface area contributed by atoms with Crippen molar-refractivity contribution in [2.75, 3.05) is 7.11 Å². The molecule has 4 rings (SSSR count). The van der Waals surface area contributed by atoms with E-state index in [1.54, 1.807) is 37.7 Å². The van der Waals surface area contributed by atoms with E-state index in [2.05, 4.69) is 10.3 Å². The topological polar surface area (TPSA) is 69.3 Å². The third-order valence-electron chi connectivity index (χ3n) is 4.66. The fourth-order valence-corrected chi connectivity index (χ4v) is 3.23. The molecule has 0 spiro atoms. The van der Waals surface area contributed by atoms with Crippen LogP contribution in [-0.2, 0) is 17.9 Å². The lowest BCUT2D eigenvalue weighted by Crippen LogP contribution is -2.31. The first-order valence-corrected chi connectivity index (χ1v) is 9.18. The van der Waals surface area contributed by atoms with Crippen LogP contribution in [0.5, 0.6) is 0 Å². The average molecular weight is 393 g/mol. The highest BCUT2D eigenvalue weighted by atomic mass is 19.1. The highest BCUT2D eigenvalue weighted by Gasteiger charge is 2.20. The van der Waals surface area contributed by atoms with E-state index >= 15 is 0 Å². The number of carbonyl (C=O) groups is 1. The van der Waals surface area contributed by atoms with E-state index in [9.17, 15) is 9.18 Å². The molecule has 1 N–H and O–H groups in total. The number of amides is 1. The van der Waals surface area contributed by atoms with Crippen molar-refractivity contribution in [3.05, 3.63) is 89.9 Å². The third-order valence-corrected chi connectivity index (χ3v) is 4.66. The van der Waals surface area contributed by atoms with Crippen LogP contribution in [0.2, 0.25) is 0 Å². The Balaban J connectivity index is 1.61. The number of imidazole rings is 1. The highest BCUT2D eigenvalue weighted by molar-refractivity contribution is 5.91. The van der Waals surface area contributed by atoms with Crippen LogP contribution in [0.1, 0.15) is 27.9 Å². The largest absolute Gasteiger partial charge is 0.453 e. The van der Waals surface area contributed by atoms with Gasteiger partial charge >= 0.3 is 0 Å². The number of methoxy groups -OCH3 is 1. The number of benzene rings is 2. The lowest BCUT2D eigenvalue weighted by molar-refractivity contribution is 0.0896. The number of hydrogen-bond donors (Lipinski definition) is 1. The summed E-state index contributed by atoms with van der Waals surface area (Å²) < 4.78 is 25.9. The van der Waals surface area contributed by atoms with Gasteiger partial charge in [0.2, 0.25) is 0 Å². The quantitative estimate of drug-likeness (QED) is 0.514. The Morgan fingerprint density at radius 2 is 1.97 bits per heavy atom. The normalized spacial score (nSPS) is 12.2. The number of para-hydroxylation sites is 2. The predicted octanol–water partition coefficient (Wildman–Crippen LogP) is 4.09. The number of nitrogens with one attached hydrogen (secondary N) is 1. The fraction of sp³-hybridized carbons (Fsp3) is 0.182. The van der Waals surface area contributed by atoms with Gasteiger partial charge in [-0.25, -0.2) is 9.37 Å². The minimum atomic E-state index is -0.406. The first-order chi connectivity index (χ1) is 14.1. The monoisotopic (exact) mass is 393 g/mol. The van der Waals surface area contributed by atoms with Crippen LogP contribution in [0.25, 0.3) is 11.0 Å². The lowest BCUT2D eigenvalue weighted by atomic mass is 10.1. The van der Waals surface area contributed by atoms with Crippen LogP contribution in [0.3, 0.4) is 0 Å². The molecular formula is C22H20FN3O3. The summed E-state index contributed by atoms with van der Waals surface area (Å²) in [6, 6.07) is 16.8. The molecule has 2 aromatic heterocycles. The van der Waals surface area contributed by atoms with Crippen molar-refractivity contribution >= 4 is 16.9 Å². The van der Waals surface area contributed by atoms with Gasteiger partial charge in [0.05, 0.1) is 23.4 Å². The second-order valence-electron chi connectivity index (χ2n) is 6.66. The van der Waals surface area contributed by atoms with Gasteiger partial charge < -0.3 is 19.0 Å². The standard InChI is InChI=1S/C22H20FN3O3/c1-28-13-17-10-11-21(29-17)22(27)25-19(15-6-8-16(23)9-7-15)12-26-14-24-18-4-2-3-5-20(18)26/h2-11,14,19H,12-13H2,1H3,(H,25,27). The summed E-state index contributed by atoms with van der Waals surface area (Å²) in [6.45, 7) is 0.721. The van der Waals surface area contributed by atoms with Crippen molar-refractivity contribution < 1.29 is 18.3 Å². The molecule has 1 atom stereocenters. The Morgan fingerprint density at radius 3 is 2.76 bits per heavy atom. The molecule has 2 aromatic carbocycles. The number of furan rings is 1. The Kier molecular flexibility index (Phi) is 5.39. The summed E-state index contributed by atoms with van der Waals surface area (Å²) in [5, 5.41) is 2.98. The molecule has 6 nitrogen and oxygen atoms in total. The number of carbonyl (C=O) groups excluding carboxylic acids is 1. The molecule has 148 valence electrons. The van der Waals surface area contributed by atoms with Crippen molar-refractivity contribution in [2.24, 2.45) is 0 Å². The van der Waals surface area contributed by atoms with Crippen LogP contribution >= 0.6 is 0 Å². The van der Waals surface area contributed by atoms with E-state index in [0.717, 1.165) is 16.6 Å². The molecule has 1 amide bonds. The zero-order chi connectivity index (χ0) is 20.2. The van der Waals surface area contributed by atoms with Crippen molar-refractivity contribution in [1.29, 1.82) is 0 Å². The van der Waals surface area contributed by atoms with E-state index in [-0.39, 0.29) is 24.1 Å². The van der Waals surface area contributed by atoms with Crippen LogP contribution in [0.4, 0.5) is 4.39 Å². The summed E-state index contributed by atoms with van der Waals surface area (Å²) in [5.41, 5.74) is 2.60. The molecule has 2 heterocycles. The Labute approximate surface area is 166 Å². The Hall–Kier alpha value is -3.45. The lowest BCUT2D eigenvalue weighted by Gasteiger charge is -2.20. The van der Waals surface area contributed by atoms with E-state index in [4.69, 9.17) is 9.15 Å². The Morgan fingerprint density at radius 1 is 1.17 bits per heavy atom. The highest BCUT2D eigenvalue weighted by Crippen LogP contribution is 2.21. The smallest absolute Gasteiger partial charge is 0.287 e. The molecule has 0 fully saturated rings. The number of ether oxygens (including phenoxy) is 1. The zero-order valence-corrected chi connectivity index (χ0v) is 15.8. The summed E-state index contributed by atoms with van der Waals surface area (Å²) in [6.07, 6.45) is 1.73. The minimum Gasteiger partial charge on any atom is -0.453 e. The van der Waals surface area contributed by atoms with Gasteiger partial charge in [-0.15, -0.1) is 0 Å². The first-order valence-electron chi connectivity index (χ1n) is 9.18. The SMILES string of the molecule is COCc1ccc(C(=O)NC(Cn2cnc3ccccc32)c2ccc(F)cc2)o1. The van der Waals surface area contributed by atoms with Gasteiger partial charge in [0.1, 0.15) is 18.2 Å². The molecule has 1 unspecified atom stereocenters. The van der Waals surface area contributed by atoms with Gasteiger partial charge in [-0.05, 0) is 42.0 Å². The maximum Gasteiger partial charge on any atom is 0.287 e. The van der Waals surface area contributed by atoms with Gasteiger partial charge in [-0.1, -0.05) is 24.3 Å².